The molecule has 1 rings (SSSR count). The standard InChI is InChI=1S/C11H16FN/c1-2-9-3-5-10(6-4-9)11(13)7-8-12/h3-6,11H,2,7-8,13H2,1H3/t11-/m0/s1. The third-order valence-corrected chi connectivity index (χ3v) is 2.24. The molecule has 72 valence electrons. The molecule has 0 amide bonds. The van der Waals surface area contributed by atoms with Gasteiger partial charge in [-0.05, 0) is 24.0 Å². The van der Waals surface area contributed by atoms with Crippen LogP contribution in [0.2, 0.25) is 0 Å². The Kier molecular flexibility index (Phi) is 3.90. The molecule has 13 heavy (non-hydrogen) atoms. The van der Waals surface area contributed by atoms with Crippen molar-refractivity contribution in [2.45, 2.75) is 25.8 Å². The fraction of sp³-hybridized carbons (Fsp3) is 0.455. The average molecular weight is 181 g/mol. The molecule has 1 aromatic carbocycles. The van der Waals surface area contributed by atoms with Crippen LogP contribution in [0.25, 0.3) is 0 Å². The SMILES string of the molecule is CCc1ccc([C@@H](N)CCF)cc1. The predicted molar refractivity (Wildman–Crippen MR) is 53.3 cm³/mol. The van der Waals surface area contributed by atoms with Gasteiger partial charge in [0.25, 0.3) is 0 Å². The smallest absolute Gasteiger partial charge is 0.0912 e. The molecule has 1 nitrogen and oxygen atoms in total. The van der Waals surface area contributed by atoms with Crippen LogP contribution in [0.15, 0.2) is 24.3 Å². The fourth-order valence-corrected chi connectivity index (χ4v) is 1.28. The summed E-state index contributed by atoms with van der Waals surface area (Å²) in [5, 5.41) is 0. The molecule has 0 fully saturated rings. The number of halogens is 1. The van der Waals surface area contributed by atoms with Gasteiger partial charge < -0.3 is 5.73 Å². The Morgan fingerprint density at radius 1 is 1.31 bits per heavy atom. The van der Waals surface area contributed by atoms with Crippen LogP contribution in [-0.4, -0.2) is 6.67 Å². The number of aryl methyl sites for hydroxylation is 1. The maximum Gasteiger partial charge on any atom is 0.0912 e. The van der Waals surface area contributed by atoms with E-state index in [2.05, 4.69) is 6.92 Å². The summed E-state index contributed by atoms with van der Waals surface area (Å²) in [6, 6.07) is 7.91. The lowest BCUT2D eigenvalue weighted by Gasteiger charge is -2.09. The molecule has 0 radical (unpaired) electrons. The highest BCUT2D eigenvalue weighted by molar-refractivity contribution is 5.24. The number of alkyl halides is 1. The molecule has 2 N–H and O–H groups in total. The molecule has 1 atom stereocenters. The van der Waals surface area contributed by atoms with Gasteiger partial charge in [0.05, 0.1) is 6.67 Å². The van der Waals surface area contributed by atoms with E-state index in [1.807, 2.05) is 24.3 Å². The monoisotopic (exact) mass is 181 g/mol. The van der Waals surface area contributed by atoms with Gasteiger partial charge in [0, 0.05) is 6.04 Å². The third kappa shape index (κ3) is 2.81. The maximum atomic E-state index is 12.0. The zero-order valence-electron chi connectivity index (χ0n) is 7.96. The molecular weight excluding hydrogens is 165 g/mol. The molecule has 0 bridgehead atoms. The van der Waals surface area contributed by atoms with Crippen LogP contribution >= 0.6 is 0 Å². The molecule has 0 saturated carbocycles. The minimum atomic E-state index is -0.351. The van der Waals surface area contributed by atoms with Gasteiger partial charge in [-0.3, -0.25) is 4.39 Å². The zero-order valence-corrected chi connectivity index (χ0v) is 7.96. The van der Waals surface area contributed by atoms with E-state index in [0.29, 0.717) is 6.42 Å². The minimum absolute atomic E-state index is 0.157. The zero-order chi connectivity index (χ0) is 9.68. The van der Waals surface area contributed by atoms with Crippen molar-refractivity contribution in [2.75, 3.05) is 6.67 Å². The molecule has 0 aromatic heterocycles. The molecule has 0 spiro atoms. The number of nitrogens with two attached hydrogens (primary N) is 1. The lowest BCUT2D eigenvalue weighted by atomic mass is 10.0. The van der Waals surface area contributed by atoms with Gasteiger partial charge >= 0.3 is 0 Å². The van der Waals surface area contributed by atoms with Gasteiger partial charge in [0.1, 0.15) is 0 Å². The lowest BCUT2D eigenvalue weighted by molar-refractivity contribution is 0.442. The fourth-order valence-electron chi connectivity index (χ4n) is 1.28. The normalized spacial score (nSPS) is 12.8. The van der Waals surface area contributed by atoms with Crippen molar-refractivity contribution in [1.82, 2.24) is 0 Å². The van der Waals surface area contributed by atoms with Crippen molar-refractivity contribution in [3.8, 4) is 0 Å². The van der Waals surface area contributed by atoms with Gasteiger partial charge in [-0.1, -0.05) is 31.2 Å². The summed E-state index contributed by atoms with van der Waals surface area (Å²) in [4.78, 5) is 0. The lowest BCUT2D eigenvalue weighted by Crippen LogP contribution is -2.10. The van der Waals surface area contributed by atoms with Crippen LogP contribution in [0.4, 0.5) is 4.39 Å². The van der Waals surface area contributed by atoms with Crippen molar-refractivity contribution in [2.24, 2.45) is 5.73 Å². The number of hydrogen-bond donors (Lipinski definition) is 1. The second-order valence-corrected chi connectivity index (χ2v) is 3.18. The molecular formula is C11H16FN. The van der Waals surface area contributed by atoms with E-state index in [4.69, 9.17) is 5.73 Å². The van der Waals surface area contributed by atoms with Crippen LogP contribution in [-0.2, 0) is 6.42 Å². The highest BCUT2D eigenvalue weighted by Gasteiger charge is 2.04. The second-order valence-electron chi connectivity index (χ2n) is 3.18. The summed E-state index contributed by atoms with van der Waals surface area (Å²) in [6.45, 7) is 1.76. The van der Waals surface area contributed by atoms with Gasteiger partial charge in [-0.2, -0.15) is 0 Å². The summed E-state index contributed by atoms with van der Waals surface area (Å²) in [5.41, 5.74) is 8.07. The Morgan fingerprint density at radius 3 is 2.38 bits per heavy atom. The second kappa shape index (κ2) is 4.97. The first-order valence-electron chi connectivity index (χ1n) is 4.68. The van der Waals surface area contributed by atoms with Crippen LogP contribution in [0.5, 0.6) is 0 Å². The Morgan fingerprint density at radius 2 is 1.92 bits per heavy atom. The molecule has 0 aliphatic rings. The average Bonchev–Trinajstić information content (AvgIpc) is 2.18. The summed E-state index contributed by atoms with van der Waals surface area (Å²) < 4.78 is 12.0. The van der Waals surface area contributed by atoms with Gasteiger partial charge in [-0.25, -0.2) is 0 Å². The number of rotatable bonds is 4. The summed E-state index contributed by atoms with van der Waals surface area (Å²) in [5.74, 6) is 0. The number of benzene rings is 1. The van der Waals surface area contributed by atoms with E-state index in [0.717, 1.165) is 12.0 Å². The first kappa shape index (κ1) is 10.2. The Hall–Kier alpha value is -0.890. The first-order valence-corrected chi connectivity index (χ1v) is 4.68. The van der Waals surface area contributed by atoms with Crippen LogP contribution in [0.3, 0.4) is 0 Å². The van der Waals surface area contributed by atoms with E-state index < -0.39 is 0 Å². The van der Waals surface area contributed by atoms with Crippen molar-refractivity contribution in [1.29, 1.82) is 0 Å². The van der Waals surface area contributed by atoms with Gasteiger partial charge in [0.15, 0.2) is 0 Å². The summed E-state index contributed by atoms with van der Waals surface area (Å²) >= 11 is 0. The van der Waals surface area contributed by atoms with Crippen LogP contribution in [0, 0.1) is 0 Å². The van der Waals surface area contributed by atoms with Crippen molar-refractivity contribution in [3.63, 3.8) is 0 Å². The molecule has 0 aliphatic heterocycles. The van der Waals surface area contributed by atoms with E-state index in [1.165, 1.54) is 5.56 Å². The quantitative estimate of drug-likeness (QED) is 0.759. The minimum Gasteiger partial charge on any atom is -0.324 e. The van der Waals surface area contributed by atoms with Gasteiger partial charge in [-0.15, -0.1) is 0 Å². The summed E-state index contributed by atoms with van der Waals surface area (Å²) in [6.07, 6.45) is 1.43. The molecule has 0 saturated heterocycles. The highest BCUT2D eigenvalue weighted by atomic mass is 19.1. The van der Waals surface area contributed by atoms with E-state index >= 15 is 0 Å². The van der Waals surface area contributed by atoms with Crippen LogP contribution in [0.1, 0.15) is 30.5 Å². The number of hydrogen-bond acceptors (Lipinski definition) is 1. The Labute approximate surface area is 78.8 Å². The third-order valence-electron chi connectivity index (χ3n) is 2.24. The molecule has 0 aliphatic carbocycles. The molecule has 0 unspecified atom stereocenters. The van der Waals surface area contributed by atoms with E-state index in [-0.39, 0.29) is 12.7 Å². The molecule has 2 heteroatoms. The first-order chi connectivity index (χ1) is 6.27. The molecule has 1 aromatic rings. The van der Waals surface area contributed by atoms with Crippen molar-refractivity contribution in [3.05, 3.63) is 35.4 Å². The Bertz CT molecular complexity index is 243. The Balaban J connectivity index is 2.67. The van der Waals surface area contributed by atoms with E-state index in [1.54, 1.807) is 0 Å². The topological polar surface area (TPSA) is 26.0 Å². The van der Waals surface area contributed by atoms with Crippen molar-refractivity contribution < 1.29 is 4.39 Å². The maximum absolute atomic E-state index is 12.0. The summed E-state index contributed by atoms with van der Waals surface area (Å²) in [7, 11) is 0. The van der Waals surface area contributed by atoms with Crippen LogP contribution < -0.4 is 5.73 Å². The van der Waals surface area contributed by atoms with Gasteiger partial charge in [0.2, 0.25) is 0 Å². The predicted octanol–water partition coefficient (Wildman–Crippen LogP) is 2.61. The van der Waals surface area contributed by atoms with Crippen molar-refractivity contribution >= 4 is 0 Å². The van der Waals surface area contributed by atoms with E-state index in [9.17, 15) is 4.39 Å². The largest absolute Gasteiger partial charge is 0.324 e. The molecule has 0 heterocycles. The highest BCUT2D eigenvalue weighted by Crippen LogP contribution is 2.14.